The lowest BCUT2D eigenvalue weighted by atomic mass is 10.0. The number of hydrogen-bond donors (Lipinski definition) is 1. The van der Waals surface area contributed by atoms with E-state index in [1.807, 2.05) is 32.9 Å². The number of thiocarbonyl (C=S) groups is 1. The predicted octanol–water partition coefficient (Wildman–Crippen LogP) is 4.49. The molecule has 1 aliphatic rings. The molecular weight excluding hydrogens is 452 g/mol. The molecule has 0 saturated carbocycles. The first-order valence-corrected chi connectivity index (χ1v) is 10.9. The Morgan fingerprint density at radius 3 is 2.47 bits per heavy atom. The summed E-state index contributed by atoms with van der Waals surface area (Å²) in [5, 5.41) is 2.61. The van der Waals surface area contributed by atoms with Crippen molar-refractivity contribution in [2.45, 2.75) is 20.8 Å². The van der Waals surface area contributed by atoms with Gasteiger partial charge in [-0.3, -0.25) is 19.8 Å². The molecular formula is C26H22N2O5S. The van der Waals surface area contributed by atoms with Crippen molar-refractivity contribution < 1.29 is 23.5 Å². The number of carbonyl (C=O) groups is 3. The van der Waals surface area contributed by atoms with Crippen molar-refractivity contribution in [2.24, 2.45) is 0 Å². The molecule has 34 heavy (non-hydrogen) atoms. The standard InChI is InChI=1S/C26H22N2O5S/c1-14-5-9-21(16(3)11-14)28-24(30)20(23(29)27-26(28)34)13-18-7-10-22(33-18)19-8-6-17(12-15(19)2)25(31)32-4/h5-13H,1-4H3,(H,27,29,34)/b20-13+. The molecule has 0 spiro atoms. The van der Waals surface area contributed by atoms with E-state index in [-0.39, 0.29) is 10.7 Å². The number of hydrogen-bond acceptors (Lipinski definition) is 6. The van der Waals surface area contributed by atoms with Crippen molar-refractivity contribution in [3.05, 3.63) is 82.1 Å². The topological polar surface area (TPSA) is 88.9 Å². The molecule has 0 bridgehead atoms. The number of carbonyl (C=O) groups excluding carboxylic acids is 3. The average molecular weight is 475 g/mol. The number of anilines is 1. The molecule has 2 heterocycles. The van der Waals surface area contributed by atoms with Gasteiger partial charge in [-0.2, -0.15) is 0 Å². The van der Waals surface area contributed by atoms with Crippen molar-refractivity contribution in [1.29, 1.82) is 0 Å². The Kier molecular flexibility index (Phi) is 6.17. The fourth-order valence-corrected chi connectivity index (χ4v) is 4.11. The van der Waals surface area contributed by atoms with E-state index in [2.05, 4.69) is 5.32 Å². The molecule has 1 aliphatic heterocycles. The zero-order chi connectivity index (χ0) is 24.6. The molecule has 8 heteroatoms. The van der Waals surface area contributed by atoms with Gasteiger partial charge in [0.1, 0.15) is 17.1 Å². The summed E-state index contributed by atoms with van der Waals surface area (Å²) in [5.74, 6) is -0.679. The summed E-state index contributed by atoms with van der Waals surface area (Å²) >= 11 is 5.28. The molecule has 3 aromatic rings. The highest BCUT2D eigenvalue weighted by atomic mass is 32.1. The minimum absolute atomic E-state index is 0.0283. The number of amides is 2. The molecule has 1 saturated heterocycles. The highest BCUT2D eigenvalue weighted by Gasteiger charge is 2.35. The number of furan rings is 1. The second-order valence-electron chi connectivity index (χ2n) is 7.97. The maximum atomic E-state index is 13.3. The maximum Gasteiger partial charge on any atom is 0.337 e. The molecule has 7 nitrogen and oxygen atoms in total. The van der Waals surface area contributed by atoms with Gasteiger partial charge in [0.05, 0.1) is 18.4 Å². The number of benzene rings is 2. The van der Waals surface area contributed by atoms with E-state index in [1.54, 1.807) is 36.4 Å². The maximum absolute atomic E-state index is 13.3. The van der Waals surface area contributed by atoms with E-state index >= 15 is 0 Å². The van der Waals surface area contributed by atoms with Crippen LogP contribution in [0.5, 0.6) is 0 Å². The van der Waals surface area contributed by atoms with Crippen molar-refractivity contribution in [3.8, 4) is 11.3 Å². The minimum Gasteiger partial charge on any atom is -0.465 e. The van der Waals surface area contributed by atoms with Crippen LogP contribution in [0.1, 0.15) is 32.8 Å². The first-order chi connectivity index (χ1) is 16.2. The van der Waals surface area contributed by atoms with Crippen LogP contribution < -0.4 is 10.2 Å². The molecule has 4 rings (SSSR count). The third-order valence-electron chi connectivity index (χ3n) is 5.52. The Morgan fingerprint density at radius 1 is 1.03 bits per heavy atom. The van der Waals surface area contributed by atoms with Gasteiger partial charge in [-0.1, -0.05) is 23.8 Å². The lowest BCUT2D eigenvalue weighted by molar-refractivity contribution is -0.122. The number of methoxy groups -OCH3 is 1. The number of aryl methyl sites for hydroxylation is 3. The van der Waals surface area contributed by atoms with Crippen LogP contribution in [-0.2, 0) is 14.3 Å². The van der Waals surface area contributed by atoms with Crippen LogP contribution in [0.2, 0.25) is 0 Å². The lowest BCUT2D eigenvalue weighted by Gasteiger charge is -2.30. The fourth-order valence-electron chi connectivity index (χ4n) is 3.83. The van der Waals surface area contributed by atoms with Crippen LogP contribution in [0.4, 0.5) is 5.69 Å². The van der Waals surface area contributed by atoms with E-state index in [1.165, 1.54) is 18.1 Å². The Morgan fingerprint density at radius 2 is 1.79 bits per heavy atom. The van der Waals surface area contributed by atoms with Crippen LogP contribution >= 0.6 is 12.2 Å². The molecule has 172 valence electrons. The Hall–Kier alpha value is -4.04. The van der Waals surface area contributed by atoms with Gasteiger partial charge in [-0.05, 0) is 80.5 Å². The molecule has 0 aliphatic carbocycles. The summed E-state index contributed by atoms with van der Waals surface area (Å²) in [6, 6.07) is 14.2. The van der Waals surface area contributed by atoms with Crippen molar-refractivity contribution in [1.82, 2.24) is 5.32 Å². The number of ether oxygens (including phenoxy) is 1. The van der Waals surface area contributed by atoms with Crippen molar-refractivity contribution >= 4 is 46.9 Å². The molecule has 1 fully saturated rings. The van der Waals surface area contributed by atoms with Crippen LogP contribution in [0.15, 0.2) is 58.5 Å². The van der Waals surface area contributed by atoms with E-state index in [0.29, 0.717) is 22.8 Å². The van der Waals surface area contributed by atoms with Crippen LogP contribution in [0.3, 0.4) is 0 Å². The van der Waals surface area contributed by atoms with E-state index in [9.17, 15) is 14.4 Å². The SMILES string of the molecule is COC(=O)c1ccc(-c2ccc(/C=C3\C(=O)NC(=S)N(c4ccc(C)cc4C)C3=O)o2)c(C)c1. The highest BCUT2D eigenvalue weighted by Crippen LogP contribution is 2.29. The zero-order valence-corrected chi connectivity index (χ0v) is 19.9. The first kappa shape index (κ1) is 23.1. The smallest absolute Gasteiger partial charge is 0.337 e. The normalized spacial score (nSPS) is 15.0. The zero-order valence-electron chi connectivity index (χ0n) is 19.1. The molecule has 2 amide bonds. The summed E-state index contributed by atoms with van der Waals surface area (Å²) < 4.78 is 10.7. The van der Waals surface area contributed by atoms with Crippen LogP contribution in [0, 0.1) is 20.8 Å². The Labute approximate surface area is 202 Å². The predicted molar refractivity (Wildman–Crippen MR) is 132 cm³/mol. The summed E-state index contributed by atoms with van der Waals surface area (Å²) in [4.78, 5) is 38.9. The molecule has 1 N–H and O–H groups in total. The summed E-state index contributed by atoms with van der Waals surface area (Å²) in [6.45, 7) is 5.69. The lowest BCUT2D eigenvalue weighted by Crippen LogP contribution is -2.54. The third kappa shape index (κ3) is 4.27. The number of nitrogens with one attached hydrogen (secondary N) is 1. The Balaban J connectivity index is 1.67. The molecule has 0 atom stereocenters. The summed E-state index contributed by atoms with van der Waals surface area (Å²) in [7, 11) is 1.33. The minimum atomic E-state index is -0.590. The van der Waals surface area contributed by atoms with E-state index in [4.69, 9.17) is 21.4 Å². The molecule has 0 unspecified atom stereocenters. The second-order valence-corrected chi connectivity index (χ2v) is 8.36. The largest absolute Gasteiger partial charge is 0.465 e. The molecule has 1 aromatic heterocycles. The van der Waals surface area contributed by atoms with Crippen molar-refractivity contribution in [2.75, 3.05) is 12.0 Å². The highest BCUT2D eigenvalue weighted by molar-refractivity contribution is 7.80. The van der Waals surface area contributed by atoms with Gasteiger partial charge < -0.3 is 9.15 Å². The summed E-state index contributed by atoms with van der Waals surface area (Å²) in [6.07, 6.45) is 1.40. The molecule has 2 aromatic carbocycles. The van der Waals surface area contributed by atoms with E-state index < -0.39 is 17.8 Å². The average Bonchev–Trinajstić information content (AvgIpc) is 3.25. The monoisotopic (exact) mass is 474 g/mol. The first-order valence-electron chi connectivity index (χ1n) is 10.5. The van der Waals surface area contributed by atoms with Gasteiger partial charge in [0.15, 0.2) is 5.11 Å². The van der Waals surface area contributed by atoms with Crippen LogP contribution in [-0.4, -0.2) is 30.0 Å². The second kappa shape index (κ2) is 9.07. The van der Waals surface area contributed by atoms with Crippen molar-refractivity contribution in [3.63, 3.8) is 0 Å². The van der Waals surface area contributed by atoms with Gasteiger partial charge in [0.2, 0.25) is 0 Å². The van der Waals surface area contributed by atoms with Gasteiger partial charge in [-0.15, -0.1) is 0 Å². The quantitative estimate of drug-likeness (QED) is 0.259. The Bertz CT molecular complexity index is 1390. The van der Waals surface area contributed by atoms with Crippen LogP contribution in [0.25, 0.3) is 17.4 Å². The van der Waals surface area contributed by atoms with Gasteiger partial charge in [0, 0.05) is 5.56 Å². The molecule has 0 radical (unpaired) electrons. The number of esters is 1. The third-order valence-corrected chi connectivity index (χ3v) is 5.81. The van der Waals surface area contributed by atoms with Gasteiger partial charge >= 0.3 is 5.97 Å². The van der Waals surface area contributed by atoms with E-state index in [0.717, 1.165) is 22.3 Å². The number of rotatable bonds is 4. The summed E-state index contributed by atoms with van der Waals surface area (Å²) in [5.41, 5.74) is 4.45. The fraction of sp³-hybridized carbons (Fsp3) is 0.154. The number of nitrogens with zero attached hydrogens (tertiary/aromatic N) is 1. The van der Waals surface area contributed by atoms with Gasteiger partial charge in [0.25, 0.3) is 11.8 Å². The van der Waals surface area contributed by atoms with Gasteiger partial charge in [-0.25, -0.2) is 4.79 Å².